The quantitative estimate of drug-likeness (QED) is 0.795. The fourth-order valence-electron chi connectivity index (χ4n) is 2.50. The lowest BCUT2D eigenvalue weighted by Crippen LogP contribution is -2.08. The first-order chi connectivity index (χ1) is 10.1. The molecule has 0 radical (unpaired) electrons. The second-order valence-corrected chi connectivity index (χ2v) is 4.99. The number of pyridine rings is 1. The maximum absolute atomic E-state index is 11.0. The van der Waals surface area contributed by atoms with Crippen LogP contribution in [0.15, 0.2) is 29.0 Å². The molecule has 0 aliphatic heterocycles. The predicted molar refractivity (Wildman–Crippen MR) is 76.2 cm³/mol. The number of fused-ring (bicyclic) bond motifs is 1. The SMILES string of the molecule is Cc1nc2c(cnn2Cc2ccco2)c(C)c1CC(=O)O. The Morgan fingerprint density at radius 2 is 2.24 bits per heavy atom. The van der Waals surface area contributed by atoms with Crippen molar-refractivity contribution in [3.63, 3.8) is 0 Å². The summed E-state index contributed by atoms with van der Waals surface area (Å²) >= 11 is 0. The summed E-state index contributed by atoms with van der Waals surface area (Å²) in [5.74, 6) is -0.0583. The van der Waals surface area contributed by atoms with E-state index in [2.05, 4.69) is 10.1 Å². The molecule has 0 aliphatic rings. The van der Waals surface area contributed by atoms with Crippen LogP contribution < -0.4 is 0 Å². The van der Waals surface area contributed by atoms with Crippen LogP contribution in [0.5, 0.6) is 0 Å². The zero-order valence-electron chi connectivity index (χ0n) is 11.8. The van der Waals surface area contributed by atoms with Crippen molar-refractivity contribution in [1.82, 2.24) is 14.8 Å². The fraction of sp³-hybridized carbons (Fsp3) is 0.267. The number of hydrogen-bond acceptors (Lipinski definition) is 4. The van der Waals surface area contributed by atoms with Gasteiger partial charge in [-0.3, -0.25) is 4.79 Å². The molecule has 6 heteroatoms. The zero-order valence-corrected chi connectivity index (χ0v) is 11.8. The molecule has 3 rings (SSSR count). The third-order valence-electron chi connectivity index (χ3n) is 3.59. The highest BCUT2D eigenvalue weighted by atomic mass is 16.4. The van der Waals surface area contributed by atoms with Crippen LogP contribution in [0, 0.1) is 13.8 Å². The van der Waals surface area contributed by atoms with Crippen LogP contribution in [-0.4, -0.2) is 25.8 Å². The van der Waals surface area contributed by atoms with Gasteiger partial charge >= 0.3 is 5.97 Å². The Morgan fingerprint density at radius 1 is 1.43 bits per heavy atom. The molecule has 21 heavy (non-hydrogen) atoms. The summed E-state index contributed by atoms with van der Waals surface area (Å²) in [5, 5.41) is 14.2. The number of aromatic nitrogens is 3. The molecule has 0 amide bonds. The Morgan fingerprint density at radius 3 is 2.90 bits per heavy atom. The van der Waals surface area contributed by atoms with Crippen molar-refractivity contribution in [2.75, 3.05) is 0 Å². The lowest BCUT2D eigenvalue weighted by Gasteiger charge is -2.09. The van der Waals surface area contributed by atoms with E-state index in [4.69, 9.17) is 9.52 Å². The topological polar surface area (TPSA) is 81.2 Å². The molecule has 0 atom stereocenters. The molecular weight excluding hydrogens is 270 g/mol. The van der Waals surface area contributed by atoms with E-state index in [-0.39, 0.29) is 6.42 Å². The first kappa shape index (κ1) is 13.4. The standard InChI is InChI=1S/C15H15N3O3/c1-9-12(6-14(19)20)10(2)17-15-13(9)7-16-18(15)8-11-4-3-5-21-11/h3-5,7H,6,8H2,1-2H3,(H,19,20). The number of aliphatic carboxylic acids is 1. The largest absolute Gasteiger partial charge is 0.481 e. The van der Waals surface area contributed by atoms with Crippen LogP contribution in [0.2, 0.25) is 0 Å². The summed E-state index contributed by atoms with van der Waals surface area (Å²) in [6.45, 7) is 4.24. The van der Waals surface area contributed by atoms with E-state index in [1.54, 1.807) is 17.1 Å². The van der Waals surface area contributed by atoms with E-state index in [0.29, 0.717) is 6.54 Å². The first-order valence-electron chi connectivity index (χ1n) is 6.62. The van der Waals surface area contributed by atoms with Gasteiger partial charge in [0.25, 0.3) is 0 Å². The molecule has 0 fully saturated rings. The minimum atomic E-state index is -0.856. The highest BCUT2D eigenvalue weighted by Gasteiger charge is 2.16. The van der Waals surface area contributed by atoms with Crippen LogP contribution in [0.3, 0.4) is 0 Å². The van der Waals surface area contributed by atoms with E-state index < -0.39 is 5.97 Å². The number of carbonyl (C=O) groups is 1. The van der Waals surface area contributed by atoms with Crippen molar-refractivity contribution >= 4 is 17.0 Å². The number of carboxylic acid groups (broad SMARTS) is 1. The minimum Gasteiger partial charge on any atom is -0.481 e. The molecule has 6 nitrogen and oxygen atoms in total. The van der Waals surface area contributed by atoms with E-state index in [9.17, 15) is 4.79 Å². The molecule has 1 N–H and O–H groups in total. The number of carboxylic acids is 1. The first-order valence-corrected chi connectivity index (χ1v) is 6.62. The van der Waals surface area contributed by atoms with Gasteiger partial charge in [-0.2, -0.15) is 5.10 Å². The molecule has 0 bridgehead atoms. The lowest BCUT2D eigenvalue weighted by molar-refractivity contribution is -0.136. The van der Waals surface area contributed by atoms with Gasteiger partial charge in [-0.25, -0.2) is 9.67 Å². The van der Waals surface area contributed by atoms with Crippen LogP contribution in [0.4, 0.5) is 0 Å². The number of rotatable bonds is 4. The summed E-state index contributed by atoms with van der Waals surface area (Å²) in [7, 11) is 0. The maximum atomic E-state index is 11.0. The van der Waals surface area contributed by atoms with E-state index in [1.165, 1.54) is 0 Å². The van der Waals surface area contributed by atoms with Crippen molar-refractivity contribution in [3.05, 3.63) is 47.2 Å². The normalized spacial score (nSPS) is 11.1. The van der Waals surface area contributed by atoms with Crippen molar-refractivity contribution < 1.29 is 14.3 Å². The number of furan rings is 1. The van der Waals surface area contributed by atoms with Gasteiger partial charge in [0.15, 0.2) is 5.65 Å². The summed E-state index contributed by atoms with van der Waals surface area (Å²) in [6.07, 6.45) is 3.32. The van der Waals surface area contributed by atoms with Gasteiger partial charge in [-0.05, 0) is 37.1 Å². The average Bonchev–Trinajstić information content (AvgIpc) is 3.06. The monoisotopic (exact) mass is 285 g/mol. The van der Waals surface area contributed by atoms with Gasteiger partial charge in [0.05, 0.1) is 18.9 Å². The fourth-order valence-corrected chi connectivity index (χ4v) is 2.50. The Labute approximate surface area is 121 Å². The van der Waals surface area contributed by atoms with Crippen molar-refractivity contribution in [2.45, 2.75) is 26.8 Å². The van der Waals surface area contributed by atoms with Gasteiger partial charge in [0.1, 0.15) is 12.3 Å². The van der Waals surface area contributed by atoms with Crippen LogP contribution in [-0.2, 0) is 17.8 Å². The number of hydrogen-bond donors (Lipinski definition) is 1. The molecule has 0 aliphatic carbocycles. The molecule has 0 unspecified atom stereocenters. The minimum absolute atomic E-state index is 0.0238. The van der Waals surface area contributed by atoms with Gasteiger partial charge < -0.3 is 9.52 Å². The predicted octanol–water partition coefficient (Wildman–Crippen LogP) is 2.32. The Balaban J connectivity index is 2.08. The average molecular weight is 285 g/mol. The Hall–Kier alpha value is -2.63. The van der Waals surface area contributed by atoms with Crippen LogP contribution in [0.25, 0.3) is 11.0 Å². The summed E-state index contributed by atoms with van der Waals surface area (Å²) in [5.41, 5.74) is 3.15. The van der Waals surface area contributed by atoms with Crippen LogP contribution >= 0.6 is 0 Å². The van der Waals surface area contributed by atoms with Gasteiger partial charge in [0, 0.05) is 11.1 Å². The third-order valence-corrected chi connectivity index (χ3v) is 3.59. The van der Waals surface area contributed by atoms with E-state index in [0.717, 1.165) is 33.6 Å². The summed E-state index contributed by atoms with van der Waals surface area (Å²) in [6, 6.07) is 3.71. The van der Waals surface area contributed by atoms with Crippen molar-refractivity contribution in [3.8, 4) is 0 Å². The third kappa shape index (κ3) is 2.40. The molecular formula is C15H15N3O3. The van der Waals surface area contributed by atoms with Gasteiger partial charge in [-0.1, -0.05) is 0 Å². The molecule has 108 valence electrons. The van der Waals surface area contributed by atoms with E-state index >= 15 is 0 Å². The Bertz CT molecular complexity index is 803. The second-order valence-electron chi connectivity index (χ2n) is 4.99. The zero-order chi connectivity index (χ0) is 15.0. The lowest BCUT2D eigenvalue weighted by atomic mass is 10.0. The smallest absolute Gasteiger partial charge is 0.307 e. The number of aryl methyl sites for hydroxylation is 2. The molecule has 0 aromatic carbocycles. The molecule has 3 aromatic rings. The molecule has 3 heterocycles. The highest BCUT2D eigenvalue weighted by Crippen LogP contribution is 2.23. The van der Waals surface area contributed by atoms with Gasteiger partial charge in [-0.15, -0.1) is 0 Å². The van der Waals surface area contributed by atoms with Crippen molar-refractivity contribution in [1.29, 1.82) is 0 Å². The summed E-state index contributed by atoms with van der Waals surface area (Å²) in [4.78, 5) is 15.5. The highest BCUT2D eigenvalue weighted by molar-refractivity contribution is 5.82. The maximum Gasteiger partial charge on any atom is 0.307 e. The molecule has 0 saturated carbocycles. The molecule has 0 spiro atoms. The van der Waals surface area contributed by atoms with Gasteiger partial charge in [0.2, 0.25) is 0 Å². The summed E-state index contributed by atoms with van der Waals surface area (Å²) < 4.78 is 7.09. The number of nitrogens with zero attached hydrogens (tertiary/aromatic N) is 3. The second kappa shape index (κ2) is 5.05. The molecule has 0 saturated heterocycles. The van der Waals surface area contributed by atoms with E-state index in [1.807, 2.05) is 26.0 Å². The molecule has 3 aromatic heterocycles. The van der Waals surface area contributed by atoms with Crippen molar-refractivity contribution in [2.24, 2.45) is 0 Å². The van der Waals surface area contributed by atoms with Crippen LogP contribution in [0.1, 0.15) is 22.6 Å². The Kier molecular flexibility index (Phi) is 3.21.